The molecule has 0 amide bonds. The van der Waals surface area contributed by atoms with Gasteiger partial charge in [-0.25, -0.2) is 0 Å². The van der Waals surface area contributed by atoms with E-state index in [1.54, 1.807) is 7.11 Å². The second-order valence-electron chi connectivity index (χ2n) is 5.33. The number of nitrogens with one attached hydrogen (secondary N) is 1. The van der Waals surface area contributed by atoms with E-state index in [0.29, 0.717) is 6.54 Å². The van der Waals surface area contributed by atoms with Gasteiger partial charge in [0.2, 0.25) is 0 Å². The molecule has 0 aromatic heterocycles. The molecule has 1 aromatic carbocycles. The van der Waals surface area contributed by atoms with Crippen molar-refractivity contribution in [3.8, 4) is 5.75 Å². The minimum Gasteiger partial charge on any atom is -0.496 e. The third kappa shape index (κ3) is 4.84. The molecule has 0 saturated heterocycles. The van der Waals surface area contributed by atoms with Gasteiger partial charge in [-0.2, -0.15) is 0 Å². The molecule has 108 valence electrons. The van der Waals surface area contributed by atoms with E-state index in [4.69, 9.17) is 4.74 Å². The number of rotatable bonds is 8. The van der Waals surface area contributed by atoms with Crippen molar-refractivity contribution in [3.63, 3.8) is 0 Å². The Bertz CT molecular complexity index is 377. The zero-order chi connectivity index (χ0) is 14.3. The van der Waals surface area contributed by atoms with Crippen LogP contribution in [0.15, 0.2) is 24.3 Å². The Hall–Kier alpha value is -1.06. The van der Waals surface area contributed by atoms with Gasteiger partial charge in [-0.3, -0.25) is 0 Å². The van der Waals surface area contributed by atoms with Gasteiger partial charge in [-0.1, -0.05) is 38.5 Å². The third-order valence-corrected chi connectivity index (χ3v) is 3.44. The molecule has 0 aliphatic rings. The van der Waals surface area contributed by atoms with Gasteiger partial charge in [0.05, 0.1) is 12.7 Å². The van der Waals surface area contributed by atoms with Gasteiger partial charge in [0.1, 0.15) is 5.75 Å². The van der Waals surface area contributed by atoms with E-state index in [1.165, 1.54) is 0 Å². The fourth-order valence-corrected chi connectivity index (χ4v) is 2.40. The minimum atomic E-state index is -0.649. The SMILES string of the molecule is CCCC(C)(O)CNC(CC)c1ccccc1OC. The number of para-hydroxylation sites is 1. The summed E-state index contributed by atoms with van der Waals surface area (Å²) in [5.74, 6) is 0.900. The van der Waals surface area contributed by atoms with E-state index < -0.39 is 5.60 Å². The van der Waals surface area contributed by atoms with Crippen molar-refractivity contribution in [1.29, 1.82) is 0 Å². The lowest BCUT2D eigenvalue weighted by atomic mass is 9.98. The molecule has 0 saturated carbocycles. The molecule has 3 heteroatoms. The highest BCUT2D eigenvalue weighted by Gasteiger charge is 2.21. The zero-order valence-electron chi connectivity index (χ0n) is 12.6. The smallest absolute Gasteiger partial charge is 0.123 e. The van der Waals surface area contributed by atoms with E-state index in [9.17, 15) is 5.11 Å². The summed E-state index contributed by atoms with van der Waals surface area (Å²) in [7, 11) is 1.69. The van der Waals surface area contributed by atoms with Gasteiger partial charge in [-0.05, 0) is 25.8 Å². The number of ether oxygens (including phenoxy) is 1. The molecular weight excluding hydrogens is 238 g/mol. The Kier molecular flexibility index (Phi) is 6.32. The molecule has 0 fully saturated rings. The molecule has 0 aliphatic carbocycles. The van der Waals surface area contributed by atoms with Crippen LogP contribution in [0.2, 0.25) is 0 Å². The summed E-state index contributed by atoms with van der Waals surface area (Å²) in [6, 6.07) is 8.26. The monoisotopic (exact) mass is 265 g/mol. The van der Waals surface area contributed by atoms with Gasteiger partial charge in [0.15, 0.2) is 0 Å². The lowest BCUT2D eigenvalue weighted by Crippen LogP contribution is -2.39. The fraction of sp³-hybridized carbons (Fsp3) is 0.625. The lowest BCUT2D eigenvalue weighted by Gasteiger charge is -2.27. The predicted molar refractivity (Wildman–Crippen MR) is 79.6 cm³/mol. The van der Waals surface area contributed by atoms with Crippen molar-refractivity contribution >= 4 is 0 Å². The van der Waals surface area contributed by atoms with Crippen molar-refractivity contribution in [2.75, 3.05) is 13.7 Å². The number of benzene rings is 1. The van der Waals surface area contributed by atoms with Crippen molar-refractivity contribution in [3.05, 3.63) is 29.8 Å². The van der Waals surface area contributed by atoms with Crippen molar-refractivity contribution < 1.29 is 9.84 Å². The standard InChI is InChI=1S/C16H27NO2/c1-5-11-16(3,18)12-17-14(6-2)13-9-7-8-10-15(13)19-4/h7-10,14,17-18H,5-6,11-12H2,1-4H3. The number of methoxy groups -OCH3 is 1. The Morgan fingerprint density at radius 2 is 2.00 bits per heavy atom. The molecular formula is C16H27NO2. The van der Waals surface area contributed by atoms with Gasteiger partial charge in [-0.15, -0.1) is 0 Å². The summed E-state index contributed by atoms with van der Waals surface area (Å²) in [5.41, 5.74) is 0.504. The Labute approximate surface area is 117 Å². The molecule has 0 aliphatic heterocycles. The minimum absolute atomic E-state index is 0.208. The van der Waals surface area contributed by atoms with E-state index >= 15 is 0 Å². The van der Waals surface area contributed by atoms with Gasteiger partial charge in [0.25, 0.3) is 0 Å². The van der Waals surface area contributed by atoms with Crippen LogP contribution in [-0.2, 0) is 0 Å². The highest BCUT2D eigenvalue weighted by molar-refractivity contribution is 5.35. The summed E-state index contributed by atoms with van der Waals surface area (Å²) in [6.45, 7) is 6.71. The molecule has 0 heterocycles. The first-order valence-electron chi connectivity index (χ1n) is 7.12. The molecule has 1 aromatic rings. The molecule has 0 radical (unpaired) electrons. The van der Waals surface area contributed by atoms with E-state index in [1.807, 2.05) is 25.1 Å². The number of hydrogen-bond acceptors (Lipinski definition) is 3. The van der Waals surface area contributed by atoms with E-state index in [0.717, 1.165) is 30.6 Å². The Morgan fingerprint density at radius 1 is 1.32 bits per heavy atom. The quantitative estimate of drug-likeness (QED) is 0.758. The third-order valence-electron chi connectivity index (χ3n) is 3.44. The molecule has 2 unspecified atom stereocenters. The number of hydrogen-bond donors (Lipinski definition) is 2. The zero-order valence-corrected chi connectivity index (χ0v) is 12.6. The fourth-order valence-electron chi connectivity index (χ4n) is 2.40. The molecule has 3 nitrogen and oxygen atoms in total. The molecule has 0 spiro atoms. The van der Waals surface area contributed by atoms with Gasteiger partial charge >= 0.3 is 0 Å². The summed E-state index contributed by atoms with van der Waals surface area (Å²) in [6.07, 6.45) is 2.76. The molecule has 1 rings (SSSR count). The van der Waals surface area contributed by atoms with Crippen LogP contribution >= 0.6 is 0 Å². The average molecular weight is 265 g/mol. The first-order chi connectivity index (χ1) is 9.04. The second-order valence-corrected chi connectivity index (χ2v) is 5.33. The van der Waals surface area contributed by atoms with Crippen molar-refractivity contribution in [2.24, 2.45) is 0 Å². The summed E-state index contributed by atoms with van der Waals surface area (Å²) in [4.78, 5) is 0. The maximum Gasteiger partial charge on any atom is 0.123 e. The van der Waals surface area contributed by atoms with Crippen LogP contribution in [0.5, 0.6) is 5.75 Å². The predicted octanol–water partition coefficient (Wildman–Crippen LogP) is 3.29. The highest BCUT2D eigenvalue weighted by atomic mass is 16.5. The van der Waals surface area contributed by atoms with Crippen LogP contribution in [0.25, 0.3) is 0 Å². The first-order valence-corrected chi connectivity index (χ1v) is 7.12. The van der Waals surface area contributed by atoms with Crippen molar-refractivity contribution in [1.82, 2.24) is 5.32 Å². The van der Waals surface area contributed by atoms with Crippen LogP contribution in [0.3, 0.4) is 0 Å². The molecule has 2 atom stereocenters. The average Bonchev–Trinajstić information content (AvgIpc) is 2.39. The Balaban J connectivity index is 2.73. The van der Waals surface area contributed by atoms with Crippen molar-refractivity contribution in [2.45, 2.75) is 51.7 Å². The number of aliphatic hydroxyl groups is 1. The topological polar surface area (TPSA) is 41.5 Å². The Morgan fingerprint density at radius 3 is 2.58 bits per heavy atom. The van der Waals surface area contributed by atoms with E-state index in [2.05, 4.69) is 25.2 Å². The van der Waals surface area contributed by atoms with Crippen LogP contribution in [0.1, 0.15) is 51.6 Å². The molecule has 0 bridgehead atoms. The second kappa shape index (κ2) is 7.51. The highest BCUT2D eigenvalue weighted by Crippen LogP contribution is 2.27. The first kappa shape index (κ1) is 16.0. The van der Waals surface area contributed by atoms with Crippen LogP contribution in [0.4, 0.5) is 0 Å². The maximum atomic E-state index is 10.2. The van der Waals surface area contributed by atoms with Crippen LogP contribution in [-0.4, -0.2) is 24.4 Å². The summed E-state index contributed by atoms with van der Waals surface area (Å²) < 4.78 is 5.41. The molecule has 19 heavy (non-hydrogen) atoms. The molecule has 2 N–H and O–H groups in total. The summed E-state index contributed by atoms with van der Waals surface area (Å²) >= 11 is 0. The van der Waals surface area contributed by atoms with Gasteiger partial charge in [0, 0.05) is 18.2 Å². The van der Waals surface area contributed by atoms with Crippen LogP contribution < -0.4 is 10.1 Å². The van der Waals surface area contributed by atoms with E-state index in [-0.39, 0.29) is 6.04 Å². The maximum absolute atomic E-state index is 10.2. The largest absolute Gasteiger partial charge is 0.496 e. The lowest BCUT2D eigenvalue weighted by molar-refractivity contribution is 0.0469. The van der Waals surface area contributed by atoms with Gasteiger partial charge < -0.3 is 15.2 Å². The normalized spacial score (nSPS) is 15.8. The van der Waals surface area contributed by atoms with Crippen LogP contribution in [0, 0.1) is 0 Å². The summed E-state index contributed by atoms with van der Waals surface area (Å²) in [5, 5.41) is 13.7.